The Morgan fingerprint density at radius 2 is 2.20 bits per heavy atom. The first-order chi connectivity index (χ1) is 7.13. The van der Waals surface area contributed by atoms with Crippen LogP contribution in [-0.4, -0.2) is 16.6 Å². The average Bonchev–Trinajstić information content (AvgIpc) is 2.26. The molecule has 0 aliphatic heterocycles. The summed E-state index contributed by atoms with van der Waals surface area (Å²) in [5, 5.41) is 3.99. The number of nitrogens with zero attached hydrogens (tertiary/aromatic N) is 2. The van der Waals surface area contributed by atoms with Crippen molar-refractivity contribution in [3.05, 3.63) is 23.9 Å². The summed E-state index contributed by atoms with van der Waals surface area (Å²) in [6.07, 6.45) is 1.50. The van der Waals surface area contributed by atoms with Crippen LogP contribution in [0.4, 0.5) is 5.82 Å². The highest BCUT2D eigenvalue weighted by atomic mass is 127. The third-order valence-electron chi connectivity index (χ3n) is 1.51. The van der Waals surface area contributed by atoms with Gasteiger partial charge in [-0.2, -0.15) is 5.10 Å². The summed E-state index contributed by atoms with van der Waals surface area (Å²) in [6, 6.07) is 3.39. The van der Waals surface area contributed by atoms with Gasteiger partial charge in [-0.05, 0) is 26.0 Å². The first-order valence-corrected chi connectivity index (χ1v) is 5.35. The van der Waals surface area contributed by atoms with E-state index in [1.165, 1.54) is 6.20 Å². The summed E-state index contributed by atoms with van der Waals surface area (Å²) in [7, 11) is 0. The Hall–Kier alpha value is -1.18. The van der Waals surface area contributed by atoms with Gasteiger partial charge in [0.05, 0.1) is 28.4 Å². The summed E-state index contributed by atoms with van der Waals surface area (Å²) in [5.74, 6) is 0.450. The molecule has 0 spiro atoms. The van der Waals surface area contributed by atoms with Gasteiger partial charge < -0.3 is 0 Å². The highest BCUT2D eigenvalue weighted by Gasteiger charge is 2.03. The number of amides is 1. The average molecular weight is 318 g/mol. The Bertz CT molecular complexity index is 370. The molecule has 1 aromatic rings. The molecule has 0 aliphatic rings. The van der Waals surface area contributed by atoms with E-state index in [2.05, 4.69) is 19.0 Å². The molecule has 0 fully saturated rings. The Labute approximate surface area is 102 Å². The molecule has 0 unspecified atom stereocenters. The standard InChI is InChI=1S/C9H11IN4O/c1-6(2)13-14-8-4-3-7(5-11-8)9(15)12-10/h3-5H,1-2H3,(H,11,14)(H,12,15). The van der Waals surface area contributed by atoms with Crippen LogP contribution in [0.5, 0.6) is 0 Å². The molecule has 0 saturated heterocycles. The number of anilines is 1. The van der Waals surface area contributed by atoms with E-state index in [1.807, 2.05) is 13.8 Å². The zero-order valence-electron chi connectivity index (χ0n) is 8.41. The lowest BCUT2D eigenvalue weighted by Gasteiger charge is -2.01. The molecule has 0 bridgehead atoms. The number of halogens is 1. The lowest BCUT2D eigenvalue weighted by atomic mass is 10.3. The summed E-state index contributed by atoms with van der Waals surface area (Å²) in [5.41, 5.74) is 4.20. The number of pyridine rings is 1. The molecule has 6 heteroatoms. The third kappa shape index (κ3) is 3.82. The number of carbonyl (C=O) groups is 1. The molecule has 1 amide bonds. The van der Waals surface area contributed by atoms with Crippen LogP contribution < -0.4 is 8.96 Å². The van der Waals surface area contributed by atoms with Crippen LogP contribution in [0.15, 0.2) is 23.4 Å². The predicted molar refractivity (Wildman–Crippen MR) is 68.1 cm³/mol. The van der Waals surface area contributed by atoms with Crippen molar-refractivity contribution in [3.8, 4) is 0 Å². The number of rotatable bonds is 3. The highest BCUT2D eigenvalue weighted by Crippen LogP contribution is 2.05. The molecule has 0 saturated carbocycles. The Morgan fingerprint density at radius 3 is 2.67 bits per heavy atom. The zero-order chi connectivity index (χ0) is 11.3. The fraction of sp³-hybridized carbons (Fsp3) is 0.222. The van der Waals surface area contributed by atoms with E-state index < -0.39 is 0 Å². The zero-order valence-corrected chi connectivity index (χ0v) is 10.6. The van der Waals surface area contributed by atoms with Gasteiger partial charge in [-0.25, -0.2) is 4.98 Å². The van der Waals surface area contributed by atoms with E-state index in [1.54, 1.807) is 35.0 Å². The van der Waals surface area contributed by atoms with E-state index in [0.717, 1.165) is 5.71 Å². The fourth-order valence-corrected chi connectivity index (χ4v) is 1.13. The minimum absolute atomic E-state index is 0.162. The Balaban J connectivity index is 2.72. The number of carbonyl (C=O) groups excluding carboxylic acids is 1. The summed E-state index contributed by atoms with van der Waals surface area (Å²) in [4.78, 5) is 15.2. The summed E-state index contributed by atoms with van der Waals surface area (Å²) in [6.45, 7) is 3.76. The largest absolute Gasteiger partial charge is 0.295 e. The number of hydrazone groups is 1. The van der Waals surface area contributed by atoms with Crippen LogP contribution >= 0.6 is 22.9 Å². The van der Waals surface area contributed by atoms with E-state index in [-0.39, 0.29) is 5.91 Å². The Morgan fingerprint density at radius 1 is 1.47 bits per heavy atom. The van der Waals surface area contributed by atoms with Gasteiger partial charge in [-0.3, -0.25) is 13.8 Å². The molecule has 0 aliphatic carbocycles. The van der Waals surface area contributed by atoms with Gasteiger partial charge in [0.25, 0.3) is 5.91 Å². The molecule has 5 nitrogen and oxygen atoms in total. The van der Waals surface area contributed by atoms with Crippen molar-refractivity contribution < 1.29 is 4.79 Å². The van der Waals surface area contributed by atoms with Crippen LogP contribution in [0.2, 0.25) is 0 Å². The topological polar surface area (TPSA) is 66.4 Å². The van der Waals surface area contributed by atoms with Crippen molar-refractivity contribution in [3.63, 3.8) is 0 Å². The number of nitrogens with one attached hydrogen (secondary N) is 2. The van der Waals surface area contributed by atoms with Gasteiger partial charge in [-0.15, -0.1) is 0 Å². The molecular weight excluding hydrogens is 307 g/mol. The van der Waals surface area contributed by atoms with Gasteiger partial charge in [-0.1, -0.05) is 0 Å². The maximum absolute atomic E-state index is 11.2. The second-order valence-electron chi connectivity index (χ2n) is 3.03. The predicted octanol–water partition coefficient (Wildman–Crippen LogP) is 1.97. The maximum Gasteiger partial charge on any atom is 0.261 e. The van der Waals surface area contributed by atoms with Crippen molar-refractivity contribution in [1.29, 1.82) is 0 Å². The monoisotopic (exact) mass is 318 g/mol. The Kier molecular flexibility index (Phi) is 4.47. The van der Waals surface area contributed by atoms with Crippen molar-refractivity contribution >= 4 is 40.3 Å². The van der Waals surface area contributed by atoms with Gasteiger partial charge in [0.1, 0.15) is 5.82 Å². The van der Waals surface area contributed by atoms with Crippen molar-refractivity contribution in [2.24, 2.45) is 5.10 Å². The molecule has 15 heavy (non-hydrogen) atoms. The van der Waals surface area contributed by atoms with Crippen LogP contribution in [0.3, 0.4) is 0 Å². The first kappa shape index (κ1) is 11.9. The van der Waals surface area contributed by atoms with Crippen LogP contribution in [-0.2, 0) is 0 Å². The van der Waals surface area contributed by atoms with Crippen molar-refractivity contribution in [2.75, 3.05) is 5.43 Å². The van der Waals surface area contributed by atoms with Gasteiger partial charge >= 0.3 is 0 Å². The molecule has 80 valence electrons. The molecular formula is C9H11IN4O. The molecule has 0 aromatic carbocycles. The van der Waals surface area contributed by atoms with E-state index in [0.29, 0.717) is 11.4 Å². The summed E-state index contributed by atoms with van der Waals surface area (Å²) >= 11 is 1.79. The number of hydrogen-bond donors (Lipinski definition) is 2. The second kappa shape index (κ2) is 5.64. The van der Waals surface area contributed by atoms with E-state index in [9.17, 15) is 4.79 Å². The number of aromatic nitrogens is 1. The van der Waals surface area contributed by atoms with Crippen LogP contribution in [0, 0.1) is 0 Å². The molecule has 0 radical (unpaired) electrons. The first-order valence-electron chi connectivity index (χ1n) is 4.27. The second-order valence-corrected chi connectivity index (χ2v) is 3.57. The van der Waals surface area contributed by atoms with E-state index in [4.69, 9.17) is 0 Å². The fourth-order valence-electron chi connectivity index (χ4n) is 0.818. The third-order valence-corrected chi connectivity index (χ3v) is 2.00. The lowest BCUT2D eigenvalue weighted by Crippen LogP contribution is -2.11. The minimum Gasteiger partial charge on any atom is -0.295 e. The maximum atomic E-state index is 11.2. The van der Waals surface area contributed by atoms with Gasteiger partial charge in [0, 0.05) is 11.9 Å². The van der Waals surface area contributed by atoms with Crippen molar-refractivity contribution in [1.82, 2.24) is 8.51 Å². The highest BCUT2D eigenvalue weighted by molar-refractivity contribution is 14.1. The number of hydrogen-bond acceptors (Lipinski definition) is 4. The molecule has 1 heterocycles. The van der Waals surface area contributed by atoms with Crippen LogP contribution in [0.1, 0.15) is 24.2 Å². The lowest BCUT2D eigenvalue weighted by molar-refractivity contribution is 0.0989. The molecule has 1 aromatic heterocycles. The molecule has 0 atom stereocenters. The van der Waals surface area contributed by atoms with E-state index >= 15 is 0 Å². The summed E-state index contributed by atoms with van der Waals surface area (Å²) < 4.78 is 2.49. The quantitative estimate of drug-likeness (QED) is 0.388. The van der Waals surface area contributed by atoms with Gasteiger partial charge in [0.15, 0.2) is 0 Å². The normalized spacial score (nSPS) is 9.27. The molecule has 2 N–H and O–H groups in total. The minimum atomic E-state index is -0.162. The van der Waals surface area contributed by atoms with Crippen LogP contribution in [0.25, 0.3) is 0 Å². The SMILES string of the molecule is CC(C)=NNc1ccc(C(=O)NI)cn1. The van der Waals surface area contributed by atoms with Gasteiger partial charge in [0.2, 0.25) is 0 Å². The smallest absolute Gasteiger partial charge is 0.261 e. The molecule has 1 rings (SSSR count). The van der Waals surface area contributed by atoms with Crippen molar-refractivity contribution in [2.45, 2.75) is 13.8 Å².